The summed E-state index contributed by atoms with van der Waals surface area (Å²) in [5.74, 6) is -4.31. The molecule has 0 radical (unpaired) electrons. The highest BCUT2D eigenvalue weighted by Crippen LogP contribution is 2.23. The van der Waals surface area contributed by atoms with Gasteiger partial charge in [-0.15, -0.1) is 10.1 Å². The molecule has 4 rings (SSSR count). The molecule has 2 aliphatic rings. The summed E-state index contributed by atoms with van der Waals surface area (Å²) in [7, 11) is 0. The molecule has 2 aliphatic heterocycles. The van der Waals surface area contributed by atoms with Gasteiger partial charge >= 0.3 is 11.9 Å². The zero-order valence-corrected chi connectivity index (χ0v) is 19.2. The number of rotatable bonds is 12. The number of carbonyl (C=O) groups is 6. The molecule has 0 bridgehead atoms. The van der Waals surface area contributed by atoms with Crippen molar-refractivity contribution in [2.75, 3.05) is 39.6 Å². The molecule has 192 valence electrons. The first-order valence-electron chi connectivity index (χ1n) is 11.0. The monoisotopic (exact) mass is 512 g/mol. The Morgan fingerprint density at radius 3 is 1.19 bits per heavy atom. The Bertz CT molecular complexity index is 1090. The lowest BCUT2D eigenvalue weighted by atomic mass is 10.1. The first-order valence-corrected chi connectivity index (χ1v) is 11.0. The molecule has 37 heavy (non-hydrogen) atoms. The van der Waals surface area contributed by atoms with Crippen LogP contribution in [0.4, 0.5) is 0 Å². The van der Waals surface area contributed by atoms with E-state index in [1.54, 1.807) is 24.3 Å². The molecule has 0 unspecified atom stereocenters. The zero-order valence-electron chi connectivity index (χ0n) is 19.2. The Morgan fingerprint density at radius 2 is 0.865 bits per heavy atom. The van der Waals surface area contributed by atoms with Crippen LogP contribution in [0, 0.1) is 0 Å². The van der Waals surface area contributed by atoms with E-state index in [4.69, 9.17) is 23.9 Å². The maximum atomic E-state index is 12.1. The summed E-state index contributed by atoms with van der Waals surface area (Å²) in [6.07, 6.45) is 0. The van der Waals surface area contributed by atoms with Crippen molar-refractivity contribution in [3.8, 4) is 0 Å². The molecule has 0 N–H and O–H groups in total. The van der Waals surface area contributed by atoms with E-state index >= 15 is 0 Å². The molecular formula is C24H20N2O11. The molecule has 0 saturated carbocycles. The highest BCUT2D eigenvalue weighted by Gasteiger charge is 2.38. The summed E-state index contributed by atoms with van der Waals surface area (Å²) in [6.45, 7) is -1.67. The van der Waals surface area contributed by atoms with E-state index in [2.05, 4.69) is 0 Å². The highest BCUT2D eigenvalue weighted by molar-refractivity contribution is 6.21. The molecule has 0 spiro atoms. The van der Waals surface area contributed by atoms with Gasteiger partial charge in [0.25, 0.3) is 23.6 Å². The summed E-state index contributed by atoms with van der Waals surface area (Å²) in [4.78, 5) is 82.1. The summed E-state index contributed by atoms with van der Waals surface area (Å²) in [6, 6.07) is 12.3. The molecule has 4 amide bonds. The molecule has 0 atom stereocenters. The number of esters is 2. The van der Waals surface area contributed by atoms with E-state index in [1.165, 1.54) is 24.3 Å². The van der Waals surface area contributed by atoms with Crippen LogP contribution in [0.25, 0.3) is 0 Å². The lowest BCUT2D eigenvalue weighted by molar-refractivity contribution is -0.163. The summed E-state index contributed by atoms with van der Waals surface area (Å²) >= 11 is 0. The van der Waals surface area contributed by atoms with Crippen molar-refractivity contribution in [2.45, 2.75) is 0 Å². The molecule has 0 aliphatic carbocycles. The number of ether oxygens (including phenoxy) is 3. The van der Waals surface area contributed by atoms with Gasteiger partial charge in [0.15, 0.2) is 13.2 Å². The van der Waals surface area contributed by atoms with Crippen LogP contribution in [-0.2, 0) is 33.5 Å². The third-order valence-corrected chi connectivity index (χ3v) is 5.12. The van der Waals surface area contributed by atoms with Crippen molar-refractivity contribution in [3.63, 3.8) is 0 Å². The van der Waals surface area contributed by atoms with Crippen LogP contribution in [0.1, 0.15) is 41.4 Å². The van der Waals surface area contributed by atoms with Crippen LogP contribution in [0.3, 0.4) is 0 Å². The minimum atomic E-state index is -0.822. The standard InChI is InChI=1S/C24H20N2O11/c27-19(13-36-25-21(29)15-5-1-2-6-16(15)22(25)30)34-11-9-33-10-12-35-20(28)14-37-26-23(31)17-7-3-4-8-18(17)24(26)32/h1-8H,9-14H2. The van der Waals surface area contributed by atoms with Crippen molar-refractivity contribution in [3.05, 3.63) is 70.8 Å². The highest BCUT2D eigenvalue weighted by atomic mass is 16.7. The van der Waals surface area contributed by atoms with Crippen LogP contribution in [0.15, 0.2) is 48.5 Å². The van der Waals surface area contributed by atoms with Gasteiger partial charge in [-0.1, -0.05) is 24.3 Å². The van der Waals surface area contributed by atoms with Gasteiger partial charge in [0.05, 0.1) is 35.5 Å². The predicted octanol–water partition coefficient (Wildman–Crippen LogP) is 0.545. The quantitative estimate of drug-likeness (QED) is 0.222. The van der Waals surface area contributed by atoms with Crippen LogP contribution in [-0.4, -0.2) is 85.3 Å². The van der Waals surface area contributed by atoms with Gasteiger partial charge in [-0.3, -0.25) is 28.9 Å². The average molecular weight is 512 g/mol. The number of amides is 4. The number of benzene rings is 2. The largest absolute Gasteiger partial charge is 0.461 e. The van der Waals surface area contributed by atoms with Crippen LogP contribution < -0.4 is 0 Å². The Kier molecular flexibility index (Phi) is 7.98. The predicted molar refractivity (Wildman–Crippen MR) is 119 cm³/mol. The third-order valence-electron chi connectivity index (χ3n) is 5.12. The molecule has 2 aromatic carbocycles. The number of hydroxylamine groups is 4. The van der Waals surface area contributed by atoms with E-state index in [9.17, 15) is 28.8 Å². The lowest BCUT2D eigenvalue weighted by Crippen LogP contribution is -2.33. The van der Waals surface area contributed by atoms with Crippen molar-refractivity contribution in [1.82, 2.24) is 10.1 Å². The fourth-order valence-corrected chi connectivity index (χ4v) is 3.42. The van der Waals surface area contributed by atoms with Crippen molar-refractivity contribution in [2.24, 2.45) is 0 Å². The van der Waals surface area contributed by atoms with E-state index in [1.807, 2.05) is 0 Å². The number of fused-ring (bicyclic) bond motifs is 2. The van der Waals surface area contributed by atoms with Gasteiger partial charge in [-0.2, -0.15) is 0 Å². The van der Waals surface area contributed by atoms with E-state index in [0.29, 0.717) is 10.1 Å². The topological polar surface area (TPSA) is 155 Å². The van der Waals surface area contributed by atoms with Crippen molar-refractivity contribution >= 4 is 35.6 Å². The van der Waals surface area contributed by atoms with E-state index in [0.717, 1.165) is 0 Å². The van der Waals surface area contributed by atoms with Gasteiger partial charge in [-0.05, 0) is 24.3 Å². The van der Waals surface area contributed by atoms with Crippen molar-refractivity contribution < 1.29 is 52.7 Å². The van der Waals surface area contributed by atoms with Crippen molar-refractivity contribution in [1.29, 1.82) is 0 Å². The fourth-order valence-electron chi connectivity index (χ4n) is 3.42. The van der Waals surface area contributed by atoms with E-state index < -0.39 is 48.8 Å². The van der Waals surface area contributed by atoms with Gasteiger partial charge in [0.1, 0.15) is 13.2 Å². The molecule has 0 aromatic heterocycles. The SMILES string of the molecule is O=C(CON1C(=O)c2ccccc2C1=O)OCCOCCOC(=O)CON1C(=O)c2ccccc2C1=O. The minimum Gasteiger partial charge on any atom is -0.461 e. The smallest absolute Gasteiger partial charge is 0.334 e. The molecule has 13 nitrogen and oxygen atoms in total. The van der Waals surface area contributed by atoms with Crippen LogP contribution in [0.5, 0.6) is 0 Å². The second-order valence-corrected chi connectivity index (χ2v) is 7.50. The molecule has 2 aromatic rings. The number of hydrogen-bond donors (Lipinski definition) is 0. The third kappa shape index (κ3) is 5.69. The van der Waals surface area contributed by atoms with Gasteiger partial charge in [-0.25, -0.2) is 9.59 Å². The summed E-state index contributed by atoms with van der Waals surface area (Å²) < 4.78 is 14.9. The van der Waals surface area contributed by atoms with Gasteiger partial charge in [0, 0.05) is 0 Å². The number of imide groups is 2. The number of hydrogen-bond acceptors (Lipinski definition) is 11. The maximum absolute atomic E-state index is 12.1. The Hall–Kier alpha value is -4.46. The van der Waals surface area contributed by atoms with Gasteiger partial charge < -0.3 is 14.2 Å². The fraction of sp³-hybridized carbons (Fsp3) is 0.250. The maximum Gasteiger partial charge on any atom is 0.334 e. The second-order valence-electron chi connectivity index (χ2n) is 7.50. The zero-order chi connectivity index (χ0) is 26.4. The normalized spacial score (nSPS) is 14.2. The second kappa shape index (κ2) is 11.5. The average Bonchev–Trinajstić information content (AvgIpc) is 3.30. The Balaban J connectivity index is 1.04. The number of carbonyl (C=O) groups excluding carboxylic acids is 6. The van der Waals surface area contributed by atoms with E-state index in [-0.39, 0.29) is 48.7 Å². The number of nitrogens with zero attached hydrogens (tertiary/aromatic N) is 2. The molecule has 0 saturated heterocycles. The summed E-state index contributed by atoms with van der Waals surface area (Å²) in [5.41, 5.74) is 0.741. The first-order chi connectivity index (χ1) is 17.9. The molecule has 0 fully saturated rings. The molecular weight excluding hydrogens is 492 g/mol. The summed E-state index contributed by atoms with van der Waals surface area (Å²) in [5, 5.41) is 1.02. The molecule has 13 heteroatoms. The Morgan fingerprint density at radius 1 is 0.541 bits per heavy atom. The minimum absolute atomic E-state index is 0.0259. The van der Waals surface area contributed by atoms with Gasteiger partial charge in [0.2, 0.25) is 0 Å². The van der Waals surface area contributed by atoms with Crippen LogP contribution >= 0.6 is 0 Å². The lowest BCUT2D eigenvalue weighted by Gasteiger charge is -2.13. The first kappa shape index (κ1) is 25.6. The Labute approximate surface area is 209 Å². The molecule has 2 heterocycles. The van der Waals surface area contributed by atoms with Crippen LogP contribution in [0.2, 0.25) is 0 Å².